The van der Waals surface area contributed by atoms with E-state index in [2.05, 4.69) is 0 Å². The Kier molecular flexibility index (Phi) is 2.62. The van der Waals surface area contributed by atoms with Crippen molar-refractivity contribution in [1.82, 2.24) is 4.90 Å². The fourth-order valence-electron chi connectivity index (χ4n) is 2.06. The van der Waals surface area contributed by atoms with Crippen molar-refractivity contribution < 1.29 is 18.8 Å². The maximum atomic E-state index is 12.2. The number of amides is 3. The maximum absolute atomic E-state index is 12.2. The summed E-state index contributed by atoms with van der Waals surface area (Å²) in [6.07, 6.45) is 1.20. The Morgan fingerprint density at radius 3 is 2.55 bits per heavy atom. The van der Waals surface area contributed by atoms with E-state index in [1.165, 1.54) is 30.5 Å². The monoisotopic (exact) mass is 290 g/mol. The fourth-order valence-corrected chi connectivity index (χ4v) is 2.26. The van der Waals surface area contributed by atoms with Crippen LogP contribution in [0.4, 0.5) is 5.69 Å². The lowest BCUT2D eigenvalue weighted by molar-refractivity contribution is 0.0566. The van der Waals surface area contributed by atoms with Crippen LogP contribution in [0.15, 0.2) is 34.9 Å². The van der Waals surface area contributed by atoms with Crippen LogP contribution in [0.2, 0.25) is 5.22 Å². The van der Waals surface area contributed by atoms with Crippen molar-refractivity contribution in [3.8, 4) is 0 Å². The highest BCUT2D eigenvalue weighted by Crippen LogP contribution is 2.30. The van der Waals surface area contributed by atoms with Crippen molar-refractivity contribution in [1.29, 1.82) is 0 Å². The molecule has 2 aromatic rings. The predicted octanol–water partition coefficient (Wildman–Crippen LogP) is 1.95. The lowest BCUT2D eigenvalue weighted by Crippen LogP contribution is -2.36. The summed E-state index contributed by atoms with van der Waals surface area (Å²) in [7, 11) is 0. The summed E-state index contributed by atoms with van der Waals surface area (Å²) in [4.78, 5) is 37.1. The van der Waals surface area contributed by atoms with E-state index in [-0.39, 0.29) is 27.6 Å². The molecule has 3 amide bonds. The van der Waals surface area contributed by atoms with Gasteiger partial charge in [-0.15, -0.1) is 0 Å². The average molecular weight is 291 g/mol. The lowest BCUT2D eigenvalue weighted by Gasteiger charge is -2.10. The van der Waals surface area contributed by atoms with Crippen molar-refractivity contribution in [3.05, 3.63) is 52.4 Å². The van der Waals surface area contributed by atoms with E-state index in [0.29, 0.717) is 4.90 Å². The van der Waals surface area contributed by atoms with Crippen LogP contribution in [0.5, 0.6) is 0 Å². The highest BCUT2D eigenvalue weighted by molar-refractivity contribution is 6.36. The van der Waals surface area contributed by atoms with Crippen LogP contribution in [-0.4, -0.2) is 22.6 Å². The van der Waals surface area contributed by atoms with Gasteiger partial charge in [-0.05, 0) is 29.8 Å². The third kappa shape index (κ3) is 1.55. The van der Waals surface area contributed by atoms with Crippen molar-refractivity contribution in [2.24, 2.45) is 0 Å². The molecular weight excluding hydrogens is 284 g/mol. The number of carbonyl (C=O) groups is 3. The Balaban J connectivity index is 2.09. The van der Waals surface area contributed by atoms with Crippen LogP contribution in [0.25, 0.3) is 0 Å². The second kappa shape index (κ2) is 4.21. The number of furan rings is 1. The molecule has 0 radical (unpaired) electrons. The van der Waals surface area contributed by atoms with E-state index in [1.807, 2.05) is 0 Å². The van der Waals surface area contributed by atoms with Gasteiger partial charge in [-0.2, -0.15) is 0 Å². The van der Waals surface area contributed by atoms with E-state index in [9.17, 15) is 14.4 Å². The Morgan fingerprint density at radius 2 is 1.95 bits per heavy atom. The maximum Gasteiger partial charge on any atom is 0.272 e. The predicted molar refractivity (Wildman–Crippen MR) is 69.4 cm³/mol. The number of benzene rings is 1. The van der Waals surface area contributed by atoms with Crippen molar-refractivity contribution in [3.63, 3.8) is 0 Å². The molecule has 0 spiro atoms. The fraction of sp³-hybridized carbons (Fsp3) is 0. The van der Waals surface area contributed by atoms with E-state index in [0.717, 1.165) is 0 Å². The molecule has 2 heterocycles. The number of nitrogens with two attached hydrogens (primary N) is 1. The summed E-state index contributed by atoms with van der Waals surface area (Å²) in [6, 6.07) is 5.76. The number of nitrogen functional groups attached to an aromatic ring is 1. The van der Waals surface area contributed by atoms with Gasteiger partial charge in [0.2, 0.25) is 5.22 Å². The first-order valence-electron chi connectivity index (χ1n) is 5.57. The Morgan fingerprint density at radius 1 is 1.20 bits per heavy atom. The summed E-state index contributed by atoms with van der Waals surface area (Å²) in [5, 5.41) is -0.181. The smallest absolute Gasteiger partial charge is 0.272 e. The van der Waals surface area contributed by atoms with Crippen LogP contribution >= 0.6 is 11.6 Å². The minimum Gasteiger partial charge on any atom is -0.452 e. The van der Waals surface area contributed by atoms with E-state index < -0.39 is 17.7 Å². The average Bonchev–Trinajstić information content (AvgIpc) is 2.93. The molecule has 1 aliphatic heterocycles. The van der Waals surface area contributed by atoms with Crippen LogP contribution in [0.3, 0.4) is 0 Å². The number of imide groups is 3. The minimum absolute atomic E-state index is 0.0328. The molecule has 3 rings (SSSR count). The highest BCUT2D eigenvalue weighted by atomic mass is 35.5. The first-order valence-corrected chi connectivity index (χ1v) is 5.94. The highest BCUT2D eigenvalue weighted by Gasteiger charge is 2.42. The molecule has 0 bridgehead atoms. The zero-order valence-electron chi connectivity index (χ0n) is 9.92. The number of anilines is 1. The zero-order chi connectivity index (χ0) is 14.4. The molecule has 0 aliphatic carbocycles. The quantitative estimate of drug-likeness (QED) is 0.640. The van der Waals surface area contributed by atoms with E-state index >= 15 is 0 Å². The molecule has 0 fully saturated rings. The van der Waals surface area contributed by atoms with E-state index in [1.54, 1.807) is 0 Å². The van der Waals surface area contributed by atoms with Crippen LogP contribution in [0.1, 0.15) is 31.1 Å². The summed E-state index contributed by atoms with van der Waals surface area (Å²) in [6.45, 7) is 0. The molecule has 6 nitrogen and oxygen atoms in total. The Hall–Kier alpha value is -2.60. The summed E-state index contributed by atoms with van der Waals surface area (Å²) >= 11 is 5.69. The number of rotatable bonds is 1. The second-order valence-corrected chi connectivity index (χ2v) is 4.47. The van der Waals surface area contributed by atoms with Gasteiger partial charge in [0.25, 0.3) is 17.7 Å². The van der Waals surface area contributed by atoms with Gasteiger partial charge in [-0.1, -0.05) is 6.07 Å². The van der Waals surface area contributed by atoms with Crippen LogP contribution in [0, 0.1) is 0 Å². The Bertz CT molecular complexity index is 757. The van der Waals surface area contributed by atoms with Crippen molar-refractivity contribution in [2.45, 2.75) is 0 Å². The third-order valence-corrected chi connectivity index (χ3v) is 3.29. The van der Waals surface area contributed by atoms with Gasteiger partial charge in [-0.25, -0.2) is 4.90 Å². The molecule has 0 saturated carbocycles. The molecule has 1 aliphatic rings. The summed E-state index contributed by atoms with van der Waals surface area (Å²) in [5.41, 5.74) is 5.90. The SMILES string of the molecule is Nc1cccc2c1C(=O)N(C(=O)c1ccoc1Cl)C2=O. The molecule has 0 unspecified atom stereocenters. The number of fused-ring (bicyclic) bond motifs is 1. The topological polar surface area (TPSA) is 93.6 Å². The van der Waals surface area contributed by atoms with Crippen molar-refractivity contribution in [2.75, 3.05) is 5.73 Å². The second-order valence-electron chi connectivity index (χ2n) is 4.13. The van der Waals surface area contributed by atoms with Crippen LogP contribution in [-0.2, 0) is 0 Å². The molecular formula is C13H7ClN2O4. The molecule has 1 aromatic carbocycles. The van der Waals surface area contributed by atoms with Gasteiger partial charge < -0.3 is 10.2 Å². The number of nitrogens with zero attached hydrogens (tertiary/aromatic N) is 1. The molecule has 2 N–H and O–H groups in total. The summed E-state index contributed by atoms with van der Waals surface area (Å²) in [5.74, 6) is -2.32. The van der Waals surface area contributed by atoms with Gasteiger partial charge >= 0.3 is 0 Å². The molecule has 100 valence electrons. The number of carbonyl (C=O) groups excluding carboxylic acids is 3. The lowest BCUT2D eigenvalue weighted by atomic mass is 10.1. The van der Waals surface area contributed by atoms with Gasteiger partial charge in [0.05, 0.1) is 23.0 Å². The van der Waals surface area contributed by atoms with Crippen molar-refractivity contribution >= 4 is 35.0 Å². The van der Waals surface area contributed by atoms with Gasteiger partial charge in [0, 0.05) is 5.69 Å². The first kappa shape index (κ1) is 12.4. The van der Waals surface area contributed by atoms with E-state index in [4.69, 9.17) is 21.8 Å². The molecule has 0 atom stereocenters. The first-order chi connectivity index (χ1) is 9.52. The van der Waals surface area contributed by atoms with Gasteiger partial charge in [-0.3, -0.25) is 14.4 Å². The standard InChI is InChI=1S/C13H7ClN2O4/c14-10-7(4-5-20-10)12(18)16-11(17)6-2-1-3-8(15)9(6)13(16)19/h1-5H,15H2. The molecule has 1 aromatic heterocycles. The van der Waals surface area contributed by atoms with Gasteiger partial charge in [0.15, 0.2) is 0 Å². The van der Waals surface area contributed by atoms with Gasteiger partial charge in [0.1, 0.15) is 0 Å². The number of halogens is 1. The molecule has 7 heteroatoms. The Labute approximate surface area is 117 Å². The molecule has 0 saturated heterocycles. The normalized spacial score (nSPS) is 13.8. The molecule has 20 heavy (non-hydrogen) atoms. The summed E-state index contributed by atoms with van der Waals surface area (Å²) < 4.78 is 4.79. The van der Waals surface area contributed by atoms with Crippen LogP contribution < -0.4 is 5.73 Å². The number of hydrogen-bond donors (Lipinski definition) is 1. The minimum atomic E-state index is -0.839. The largest absolute Gasteiger partial charge is 0.452 e. The number of hydrogen-bond acceptors (Lipinski definition) is 5. The third-order valence-electron chi connectivity index (χ3n) is 3.00. The zero-order valence-corrected chi connectivity index (χ0v) is 10.7.